The Labute approximate surface area is 236 Å². The molecule has 2 heterocycles. The fourth-order valence-electron chi connectivity index (χ4n) is 4.43. The molecule has 1 aromatic heterocycles. The van der Waals surface area contributed by atoms with Crippen molar-refractivity contribution in [3.63, 3.8) is 0 Å². The number of allylic oxidation sites excluding steroid dienone is 1. The van der Waals surface area contributed by atoms with Gasteiger partial charge in [0.1, 0.15) is 18.1 Å². The third kappa shape index (κ3) is 5.67. The van der Waals surface area contributed by atoms with E-state index in [4.69, 9.17) is 23.7 Å². The Morgan fingerprint density at radius 3 is 2.50 bits per heavy atom. The molecule has 3 aromatic rings. The van der Waals surface area contributed by atoms with Gasteiger partial charge in [0.25, 0.3) is 5.56 Å². The number of ether oxygens (including phenoxy) is 5. The van der Waals surface area contributed by atoms with Gasteiger partial charge < -0.3 is 23.7 Å². The van der Waals surface area contributed by atoms with E-state index in [0.717, 1.165) is 0 Å². The van der Waals surface area contributed by atoms with Crippen LogP contribution in [0.3, 0.4) is 0 Å². The quantitative estimate of drug-likeness (QED) is 0.258. The van der Waals surface area contributed by atoms with Crippen LogP contribution in [0.4, 0.5) is 0 Å². The number of thiazole rings is 1. The summed E-state index contributed by atoms with van der Waals surface area (Å²) in [5, 5.41) is 0. The average molecular weight is 565 g/mol. The van der Waals surface area contributed by atoms with E-state index >= 15 is 0 Å². The molecule has 9 nitrogen and oxygen atoms in total. The molecule has 0 N–H and O–H groups in total. The second-order valence-corrected chi connectivity index (χ2v) is 9.66. The van der Waals surface area contributed by atoms with Gasteiger partial charge in [-0.05, 0) is 62.7 Å². The summed E-state index contributed by atoms with van der Waals surface area (Å²) < 4.78 is 29.8. The van der Waals surface area contributed by atoms with Crippen LogP contribution in [0.15, 0.2) is 70.1 Å². The van der Waals surface area contributed by atoms with Crippen molar-refractivity contribution in [1.29, 1.82) is 0 Å². The fraction of sp³-hybridized carbons (Fsp3) is 0.300. The number of methoxy groups -OCH3 is 2. The van der Waals surface area contributed by atoms with Crippen LogP contribution >= 0.6 is 11.3 Å². The summed E-state index contributed by atoms with van der Waals surface area (Å²) in [6, 6.07) is 9.92. The number of fused-ring (bicyclic) bond motifs is 1. The van der Waals surface area contributed by atoms with Crippen molar-refractivity contribution in [2.75, 3.05) is 34.0 Å². The van der Waals surface area contributed by atoms with Gasteiger partial charge in [0, 0.05) is 5.56 Å². The molecule has 0 saturated carbocycles. The number of hydrogen-bond donors (Lipinski definition) is 0. The van der Waals surface area contributed by atoms with Crippen LogP contribution in [0.1, 0.15) is 37.9 Å². The first-order valence-electron chi connectivity index (χ1n) is 12.8. The van der Waals surface area contributed by atoms with Crippen LogP contribution < -0.4 is 33.8 Å². The van der Waals surface area contributed by atoms with Crippen molar-refractivity contribution < 1.29 is 28.5 Å². The topological polar surface area (TPSA) is 97.6 Å². The maximum Gasteiger partial charge on any atom is 0.338 e. The first kappa shape index (κ1) is 28.7. The summed E-state index contributed by atoms with van der Waals surface area (Å²) in [5.74, 6) is 1.69. The van der Waals surface area contributed by atoms with Crippen LogP contribution in [0.2, 0.25) is 0 Å². The summed E-state index contributed by atoms with van der Waals surface area (Å²) in [7, 11) is 3.14. The fourth-order valence-corrected chi connectivity index (χ4v) is 5.47. The number of benzene rings is 2. The minimum Gasteiger partial charge on any atom is -0.497 e. The molecule has 0 aliphatic carbocycles. The lowest BCUT2D eigenvalue weighted by Crippen LogP contribution is -2.40. The third-order valence-corrected chi connectivity index (χ3v) is 7.16. The van der Waals surface area contributed by atoms with E-state index in [0.29, 0.717) is 62.4 Å². The predicted molar refractivity (Wildman–Crippen MR) is 153 cm³/mol. The number of carbonyl (C=O) groups is 1. The number of nitrogens with zero attached hydrogens (tertiary/aromatic N) is 2. The van der Waals surface area contributed by atoms with E-state index in [-0.39, 0.29) is 17.7 Å². The van der Waals surface area contributed by atoms with E-state index < -0.39 is 12.0 Å². The summed E-state index contributed by atoms with van der Waals surface area (Å²) >= 11 is 1.23. The van der Waals surface area contributed by atoms with Gasteiger partial charge in [0.05, 0.1) is 49.3 Å². The molecule has 0 amide bonds. The molecule has 10 heteroatoms. The smallest absolute Gasteiger partial charge is 0.338 e. The van der Waals surface area contributed by atoms with Crippen LogP contribution in [0, 0.1) is 0 Å². The lowest BCUT2D eigenvalue weighted by Gasteiger charge is -2.25. The molecule has 0 bridgehead atoms. The van der Waals surface area contributed by atoms with Crippen molar-refractivity contribution in [2.24, 2.45) is 4.99 Å². The summed E-state index contributed by atoms with van der Waals surface area (Å²) in [6.07, 6.45) is 3.38. The summed E-state index contributed by atoms with van der Waals surface area (Å²) in [6.45, 7) is 9.93. The molecule has 0 unspecified atom stereocenters. The Hall–Kier alpha value is -4.31. The lowest BCUT2D eigenvalue weighted by molar-refractivity contribution is -0.139. The van der Waals surface area contributed by atoms with Gasteiger partial charge in [-0.1, -0.05) is 30.1 Å². The van der Waals surface area contributed by atoms with E-state index in [1.54, 1.807) is 70.6 Å². The highest BCUT2D eigenvalue weighted by molar-refractivity contribution is 7.07. The van der Waals surface area contributed by atoms with Crippen LogP contribution in [-0.4, -0.2) is 44.6 Å². The Morgan fingerprint density at radius 1 is 1.05 bits per heavy atom. The van der Waals surface area contributed by atoms with Gasteiger partial charge in [-0.2, -0.15) is 0 Å². The number of hydrogen-bond acceptors (Lipinski definition) is 9. The molecule has 0 fully saturated rings. The molecule has 2 aromatic carbocycles. The van der Waals surface area contributed by atoms with Crippen molar-refractivity contribution in [3.8, 4) is 23.0 Å². The first-order chi connectivity index (χ1) is 19.4. The van der Waals surface area contributed by atoms with Gasteiger partial charge in [0.2, 0.25) is 0 Å². The second-order valence-electron chi connectivity index (χ2n) is 8.65. The molecule has 1 aliphatic heterocycles. The Bertz CT molecular complexity index is 1630. The third-order valence-electron chi connectivity index (χ3n) is 6.18. The van der Waals surface area contributed by atoms with Crippen LogP contribution in [0.25, 0.3) is 6.08 Å². The maximum atomic E-state index is 14.0. The zero-order valence-electron chi connectivity index (χ0n) is 23.2. The van der Waals surface area contributed by atoms with Gasteiger partial charge in [0.15, 0.2) is 16.3 Å². The molecule has 4 rings (SSSR count). The highest BCUT2D eigenvalue weighted by atomic mass is 32.1. The monoisotopic (exact) mass is 564 g/mol. The maximum absolute atomic E-state index is 14.0. The zero-order valence-corrected chi connectivity index (χ0v) is 24.0. The van der Waals surface area contributed by atoms with Gasteiger partial charge in [-0.3, -0.25) is 9.36 Å². The molecule has 0 radical (unpaired) electrons. The SMILES string of the molecule is C=CCOc1ccc([C@H]2C(C(=O)OCC)=C(C)N=c3s/c(=C\c4cc(OC)ccc4OC)c(=O)n32)cc1OCC. The van der Waals surface area contributed by atoms with Crippen molar-refractivity contribution in [3.05, 3.63) is 91.1 Å². The average Bonchev–Trinajstić information content (AvgIpc) is 3.25. The van der Waals surface area contributed by atoms with E-state index in [1.165, 1.54) is 15.9 Å². The standard InChI is InChI=1S/C30H32N2O7S/c1-7-14-39-23-12-10-19(16-24(23)37-8-2)27-26(29(34)38-9-3)18(4)31-30-32(27)28(33)25(40-30)17-20-15-21(35-5)11-13-22(20)36-6/h7,10-13,15-17,27H,1,8-9,14H2,2-6H3/b25-17-/t27-/m0/s1. The minimum absolute atomic E-state index is 0.181. The first-order valence-corrected chi connectivity index (χ1v) is 13.6. The van der Waals surface area contributed by atoms with Crippen molar-refractivity contribution in [2.45, 2.75) is 26.8 Å². The number of esters is 1. The normalized spacial score (nSPS) is 14.7. The summed E-state index contributed by atoms with van der Waals surface area (Å²) in [4.78, 5) is 32.3. The number of aromatic nitrogens is 1. The van der Waals surface area contributed by atoms with E-state index in [2.05, 4.69) is 11.6 Å². The molecule has 0 spiro atoms. The van der Waals surface area contributed by atoms with Gasteiger partial charge in [-0.25, -0.2) is 9.79 Å². The molecule has 1 atom stereocenters. The van der Waals surface area contributed by atoms with E-state index in [1.807, 2.05) is 13.0 Å². The second kappa shape index (κ2) is 12.7. The number of carbonyl (C=O) groups excluding carboxylic acids is 1. The molecular formula is C30H32N2O7S. The predicted octanol–water partition coefficient (Wildman–Crippen LogP) is 3.78. The van der Waals surface area contributed by atoms with Crippen LogP contribution in [-0.2, 0) is 9.53 Å². The molecule has 210 valence electrons. The molecule has 0 saturated heterocycles. The van der Waals surface area contributed by atoms with Crippen LogP contribution in [0.5, 0.6) is 23.0 Å². The van der Waals surface area contributed by atoms with E-state index in [9.17, 15) is 9.59 Å². The van der Waals surface area contributed by atoms with Gasteiger partial charge >= 0.3 is 5.97 Å². The highest BCUT2D eigenvalue weighted by Crippen LogP contribution is 2.36. The molecule has 1 aliphatic rings. The van der Waals surface area contributed by atoms with Gasteiger partial charge in [-0.15, -0.1) is 0 Å². The highest BCUT2D eigenvalue weighted by Gasteiger charge is 2.34. The Balaban J connectivity index is 1.96. The molecular weight excluding hydrogens is 532 g/mol. The van der Waals surface area contributed by atoms with Crippen molar-refractivity contribution in [1.82, 2.24) is 4.57 Å². The zero-order chi connectivity index (χ0) is 28.8. The minimum atomic E-state index is -0.794. The Kier molecular flexibility index (Phi) is 9.11. The lowest BCUT2D eigenvalue weighted by atomic mass is 9.95. The Morgan fingerprint density at radius 2 is 1.82 bits per heavy atom. The molecule has 40 heavy (non-hydrogen) atoms. The number of rotatable bonds is 11. The largest absolute Gasteiger partial charge is 0.497 e. The van der Waals surface area contributed by atoms with Crippen molar-refractivity contribution >= 4 is 23.4 Å². The summed E-state index contributed by atoms with van der Waals surface area (Å²) in [5.41, 5.74) is 1.77.